The summed E-state index contributed by atoms with van der Waals surface area (Å²) in [4.78, 5) is 29.6. The molecule has 3 atom stereocenters. The van der Waals surface area contributed by atoms with Gasteiger partial charge in [0.1, 0.15) is 0 Å². The highest BCUT2D eigenvalue weighted by atomic mass is 16.2. The topological polar surface area (TPSA) is 66.6 Å². The van der Waals surface area contributed by atoms with Crippen LogP contribution in [0.3, 0.4) is 0 Å². The van der Waals surface area contributed by atoms with Crippen LogP contribution in [0, 0.1) is 23.7 Å². The second-order valence-electron chi connectivity index (χ2n) is 8.16. The average molecular weight is 335 g/mol. The van der Waals surface area contributed by atoms with Gasteiger partial charge in [-0.2, -0.15) is 0 Å². The number of carbonyl (C=O) groups is 2. The van der Waals surface area contributed by atoms with Crippen LogP contribution in [0.4, 0.5) is 0 Å². The van der Waals surface area contributed by atoms with Gasteiger partial charge in [0, 0.05) is 38.0 Å². The number of piperidine rings is 2. The van der Waals surface area contributed by atoms with E-state index in [0.29, 0.717) is 30.2 Å². The van der Waals surface area contributed by atoms with Crippen LogP contribution in [0.15, 0.2) is 0 Å². The van der Waals surface area contributed by atoms with Crippen molar-refractivity contribution < 1.29 is 9.59 Å². The van der Waals surface area contributed by atoms with Crippen LogP contribution in [0.5, 0.6) is 0 Å². The van der Waals surface area contributed by atoms with E-state index in [1.54, 1.807) is 0 Å². The molecular formula is C19H33N3O2. The van der Waals surface area contributed by atoms with Crippen LogP contribution < -0.4 is 5.73 Å². The van der Waals surface area contributed by atoms with Gasteiger partial charge in [-0.1, -0.05) is 13.3 Å². The molecule has 1 saturated carbocycles. The molecule has 1 unspecified atom stereocenters. The summed E-state index contributed by atoms with van der Waals surface area (Å²) in [5.74, 6) is 1.86. The molecule has 0 radical (unpaired) electrons. The van der Waals surface area contributed by atoms with E-state index in [0.717, 1.165) is 64.7 Å². The first-order valence-electron chi connectivity index (χ1n) is 9.87. The summed E-state index contributed by atoms with van der Waals surface area (Å²) in [6.45, 7) is 6.17. The second-order valence-corrected chi connectivity index (χ2v) is 8.16. The summed E-state index contributed by atoms with van der Waals surface area (Å²) < 4.78 is 0. The number of carbonyl (C=O) groups excluding carboxylic acids is 2. The molecule has 2 N–H and O–H groups in total. The van der Waals surface area contributed by atoms with Crippen LogP contribution in [0.1, 0.15) is 51.9 Å². The van der Waals surface area contributed by atoms with E-state index in [4.69, 9.17) is 5.73 Å². The van der Waals surface area contributed by atoms with Gasteiger partial charge in [0.05, 0.1) is 0 Å². The molecular weight excluding hydrogens is 302 g/mol. The summed E-state index contributed by atoms with van der Waals surface area (Å²) in [5.41, 5.74) is 5.83. The Morgan fingerprint density at radius 1 is 0.917 bits per heavy atom. The lowest BCUT2D eigenvalue weighted by Crippen LogP contribution is -2.48. The number of nitrogens with zero attached hydrogens (tertiary/aromatic N) is 2. The Labute approximate surface area is 145 Å². The van der Waals surface area contributed by atoms with E-state index in [-0.39, 0.29) is 11.8 Å². The molecule has 1 aliphatic carbocycles. The Morgan fingerprint density at radius 2 is 1.67 bits per heavy atom. The van der Waals surface area contributed by atoms with Crippen molar-refractivity contribution in [2.24, 2.45) is 29.4 Å². The summed E-state index contributed by atoms with van der Waals surface area (Å²) >= 11 is 0. The molecule has 0 aromatic heterocycles. The molecule has 0 bridgehead atoms. The lowest BCUT2D eigenvalue weighted by atomic mass is 9.90. The van der Waals surface area contributed by atoms with E-state index >= 15 is 0 Å². The minimum absolute atomic E-state index is 0.119. The molecule has 2 heterocycles. The molecule has 24 heavy (non-hydrogen) atoms. The highest BCUT2D eigenvalue weighted by Crippen LogP contribution is 2.33. The van der Waals surface area contributed by atoms with E-state index in [1.807, 2.05) is 4.90 Å². The Morgan fingerprint density at radius 3 is 2.33 bits per heavy atom. The number of amides is 2. The molecule has 3 fully saturated rings. The number of hydrogen-bond donors (Lipinski definition) is 1. The maximum Gasteiger partial charge on any atom is 0.226 e. The van der Waals surface area contributed by atoms with E-state index in [9.17, 15) is 9.59 Å². The molecule has 5 heteroatoms. The lowest BCUT2D eigenvalue weighted by Gasteiger charge is -2.38. The quantitative estimate of drug-likeness (QED) is 0.856. The molecule has 3 rings (SSSR count). The molecule has 2 aliphatic heterocycles. The van der Waals surface area contributed by atoms with Gasteiger partial charge in [-0.15, -0.1) is 0 Å². The van der Waals surface area contributed by atoms with Gasteiger partial charge in [-0.25, -0.2) is 0 Å². The zero-order valence-corrected chi connectivity index (χ0v) is 15.1. The fourth-order valence-electron chi connectivity index (χ4n) is 4.87. The zero-order valence-electron chi connectivity index (χ0n) is 15.1. The van der Waals surface area contributed by atoms with Crippen molar-refractivity contribution in [1.82, 2.24) is 9.80 Å². The monoisotopic (exact) mass is 335 g/mol. The minimum Gasteiger partial charge on any atom is -0.342 e. The van der Waals surface area contributed by atoms with Crippen molar-refractivity contribution in [2.45, 2.75) is 51.9 Å². The molecule has 3 aliphatic rings. The highest BCUT2D eigenvalue weighted by molar-refractivity contribution is 5.81. The van der Waals surface area contributed by atoms with Gasteiger partial charge in [0.25, 0.3) is 0 Å². The minimum atomic E-state index is 0.119. The molecule has 0 aromatic rings. The number of nitrogens with two attached hydrogens (primary N) is 1. The molecule has 2 saturated heterocycles. The smallest absolute Gasteiger partial charge is 0.226 e. The summed E-state index contributed by atoms with van der Waals surface area (Å²) in [6, 6.07) is 0. The van der Waals surface area contributed by atoms with Crippen LogP contribution >= 0.6 is 0 Å². The third-order valence-corrected chi connectivity index (χ3v) is 6.40. The van der Waals surface area contributed by atoms with Gasteiger partial charge < -0.3 is 15.5 Å². The Balaban J connectivity index is 1.50. The van der Waals surface area contributed by atoms with E-state index in [2.05, 4.69) is 11.8 Å². The van der Waals surface area contributed by atoms with Crippen molar-refractivity contribution in [3.63, 3.8) is 0 Å². The predicted molar refractivity (Wildman–Crippen MR) is 94.2 cm³/mol. The normalized spacial score (nSPS) is 32.2. The van der Waals surface area contributed by atoms with Crippen molar-refractivity contribution in [3.8, 4) is 0 Å². The number of likely N-dealkylation sites (tertiary alicyclic amines) is 2. The first-order chi connectivity index (χ1) is 11.6. The summed E-state index contributed by atoms with van der Waals surface area (Å²) in [7, 11) is 0. The van der Waals surface area contributed by atoms with E-state index < -0.39 is 0 Å². The van der Waals surface area contributed by atoms with Gasteiger partial charge in [0.2, 0.25) is 11.8 Å². The van der Waals surface area contributed by atoms with Gasteiger partial charge in [-0.3, -0.25) is 9.59 Å². The maximum atomic E-state index is 12.8. The van der Waals surface area contributed by atoms with Crippen molar-refractivity contribution in [1.29, 1.82) is 0 Å². The van der Waals surface area contributed by atoms with Crippen LogP contribution in [0.2, 0.25) is 0 Å². The third kappa shape index (κ3) is 3.76. The standard InChI is InChI=1S/C19H33N3O2/c1-14-4-3-9-22(13-14)18(23)15-7-10-21(11-8-15)19(24)17-6-2-5-16(17)12-20/h14-17H,2-13,20H2,1H3/t14?,16-,17-/m1/s1. The second kappa shape index (κ2) is 7.85. The van der Waals surface area contributed by atoms with Crippen LogP contribution in [-0.4, -0.2) is 54.3 Å². The predicted octanol–water partition coefficient (Wildman–Crippen LogP) is 1.86. The molecule has 5 nitrogen and oxygen atoms in total. The molecule has 2 amide bonds. The summed E-state index contributed by atoms with van der Waals surface area (Å²) in [6.07, 6.45) is 7.23. The molecule has 0 spiro atoms. The summed E-state index contributed by atoms with van der Waals surface area (Å²) in [5, 5.41) is 0. The fraction of sp³-hybridized carbons (Fsp3) is 0.895. The van der Waals surface area contributed by atoms with Crippen LogP contribution in [0.25, 0.3) is 0 Å². The Bertz CT molecular complexity index is 460. The van der Waals surface area contributed by atoms with Crippen molar-refractivity contribution in [2.75, 3.05) is 32.7 Å². The molecule has 0 aromatic carbocycles. The van der Waals surface area contributed by atoms with Gasteiger partial charge >= 0.3 is 0 Å². The maximum absolute atomic E-state index is 12.8. The van der Waals surface area contributed by atoms with Gasteiger partial charge in [0.15, 0.2) is 0 Å². The number of rotatable bonds is 3. The Hall–Kier alpha value is -1.10. The Kier molecular flexibility index (Phi) is 5.80. The fourth-order valence-corrected chi connectivity index (χ4v) is 4.87. The third-order valence-electron chi connectivity index (χ3n) is 6.40. The van der Waals surface area contributed by atoms with Crippen LogP contribution in [-0.2, 0) is 9.59 Å². The first-order valence-corrected chi connectivity index (χ1v) is 9.87. The largest absolute Gasteiger partial charge is 0.342 e. The number of hydrogen-bond acceptors (Lipinski definition) is 3. The van der Waals surface area contributed by atoms with Gasteiger partial charge in [-0.05, 0) is 56.9 Å². The molecule has 136 valence electrons. The lowest BCUT2D eigenvalue weighted by molar-refractivity contribution is -0.144. The van der Waals surface area contributed by atoms with Crippen molar-refractivity contribution in [3.05, 3.63) is 0 Å². The SMILES string of the molecule is CC1CCCN(C(=O)C2CCN(C(=O)[C@@H]3CCC[C@@H]3CN)CC2)C1. The first kappa shape index (κ1) is 17.7. The highest BCUT2D eigenvalue weighted by Gasteiger charge is 2.37. The van der Waals surface area contributed by atoms with E-state index in [1.165, 1.54) is 6.42 Å². The average Bonchev–Trinajstić information content (AvgIpc) is 3.09. The van der Waals surface area contributed by atoms with Crippen molar-refractivity contribution >= 4 is 11.8 Å². The zero-order chi connectivity index (χ0) is 17.1.